The van der Waals surface area contributed by atoms with Gasteiger partial charge in [0, 0.05) is 17.7 Å². The molecule has 0 aliphatic rings. The summed E-state index contributed by atoms with van der Waals surface area (Å²) in [5.74, 6) is -0.491. The minimum atomic E-state index is -0.419. The lowest BCUT2D eigenvalue weighted by atomic mass is 10.2. The Morgan fingerprint density at radius 1 is 1.47 bits per heavy atom. The van der Waals surface area contributed by atoms with Crippen LogP contribution in [0.5, 0.6) is 5.75 Å². The van der Waals surface area contributed by atoms with Crippen LogP contribution >= 0.6 is 11.5 Å². The number of aromatic hydroxyl groups is 1. The van der Waals surface area contributed by atoms with Crippen LogP contribution < -0.4 is 5.32 Å². The minimum Gasteiger partial charge on any atom is -0.506 e. The van der Waals surface area contributed by atoms with E-state index in [9.17, 15) is 4.79 Å². The second-order valence-corrected chi connectivity index (χ2v) is 3.29. The lowest BCUT2D eigenvalue weighted by Crippen LogP contribution is -2.11. The zero-order chi connectivity index (χ0) is 10.7. The highest BCUT2D eigenvalue weighted by Gasteiger charge is 2.09. The van der Waals surface area contributed by atoms with Gasteiger partial charge in [0.2, 0.25) is 5.13 Å². The van der Waals surface area contributed by atoms with Gasteiger partial charge in [0.15, 0.2) is 0 Å². The molecule has 2 rings (SSSR count). The van der Waals surface area contributed by atoms with Crippen LogP contribution in [0.25, 0.3) is 0 Å². The van der Waals surface area contributed by atoms with Crippen molar-refractivity contribution in [3.05, 3.63) is 24.0 Å². The summed E-state index contributed by atoms with van der Waals surface area (Å²) in [6, 6.07) is 1.30. The zero-order valence-corrected chi connectivity index (χ0v) is 8.10. The Balaban J connectivity index is 2.15. The lowest BCUT2D eigenvalue weighted by Gasteiger charge is -1.99. The maximum Gasteiger partial charge on any atom is 0.259 e. The molecule has 0 saturated heterocycles. The maximum atomic E-state index is 11.5. The Hall–Kier alpha value is -2.09. The van der Waals surface area contributed by atoms with Crippen molar-refractivity contribution in [1.82, 2.24) is 19.8 Å². The molecule has 7 nitrogen and oxygen atoms in total. The molecule has 1 amide bonds. The van der Waals surface area contributed by atoms with E-state index in [2.05, 4.69) is 25.1 Å². The average Bonchev–Trinajstić information content (AvgIpc) is 2.70. The first-order valence-electron chi connectivity index (χ1n) is 3.86. The van der Waals surface area contributed by atoms with Gasteiger partial charge >= 0.3 is 0 Å². The summed E-state index contributed by atoms with van der Waals surface area (Å²) < 4.78 is 3.49. The number of rotatable bonds is 2. The number of amides is 1. The molecule has 0 unspecified atom stereocenters. The third-order valence-corrected chi connectivity index (χ3v) is 2.02. The summed E-state index contributed by atoms with van der Waals surface area (Å²) in [6.45, 7) is 0. The molecular weight excluding hydrogens is 218 g/mol. The molecule has 0 radical (unpaired) electrons. The number of nitrogens with one attached hydrogen (secondary N) is 1. The van der Waals surface area contributed by atoms with Crippen molar-refractivity contribution in [2.45, 2.75) is 0 Å². The van der Waals surface area contributed by atoms with Gasteiger partial charge in [-0.1, -0.05) is 9.59 Å². The predicted molar refractivity (Wildman–Crippen MR) is 51.6 cm³/mol. The molecule has 0 aliphatic carbocycles. The molecule has 2 aromatic heterocycles. The van der Waals surface area contributed by atoms with Gasteiger partial charge in [-0.3, -0.25) is 15.1 Å². The number of aromatic nitrogens is 4. The Kier molecular flexibility index (Phi) is 2.50. The number of hydrogen-bond donors (Lipinski definition) is 2. The topological polar surface area (TPSA) is 101 Å². The first-order valence-corrected chi connectivity index (χ1v) is 4.63. The van der Waals surface area contributed by atoms with Crippen molar-refractivity contribution in [3.8, 4) is 5.75 Å². The third kappa shape index (κ3) is 2.23. The molecule has 15 heavy (non-hydrogen) atoms. The van der Waals surface area contributed by atoms with Crippen molar-refractivity contribution < 1.29 is 9.90 Å². The fourth-order valence-corrected chi connectivity index (χ4v) is 1.26. The third-order valence-electron chi connectivity index (χ3n) is 1.51. The summed E-state index contributed by atoms with van der Waals surface area (Å²) in [5, 5.41) is 18.7. The van der Waals surface area contributed by atoms with Crippen LogP contribution in [0.1, 0.15) is 10.4 Å². The molecule has 0 atom stereocenters. The largest absolute Gasteiger partial charge is 0.506 e. The zero-order valence-electron chi connectivity index (χ0n) is 7.28. The van der Waals surface area contributed by atoms with E-state index >= 15 is 0 Å². The van der Waals surface area contributed by atoms with Crippen LogP contribution in [0.4, 0.5) is 5.13 Å². The molecular formula is C7H5N5O2S. The summed E-state index contributed by atoms with van der Waals surface area (Å²) in [6.07, 6.45) is 2.58. The second kappa shape index (κ2) is 3.96. The van der Waals surface area contributed by atoms with Crippen LogP contribution in [0.15, 0.2) is 18.5 Å². The molecule has 2 N–H and O–H groups in total. The Bertz CT molecular complexity index is 472. The summed E-state index contributed by atoms with van der Waals surface area (Å²) in [7, 11) is 0. The van der Waals surface area contributed by atoms with Crippen molar-refractivity contribution in [1.29, 1.82) is 0 Å². The average molecular weight is 223 g/mol. The van der Waals surface area contributed by atoms with Gasteiger partial charge in [-0.25, -0.2) is 0 Å². The molecule has 0 bridgehead atoms. The normalized spacial score (nSPS) is 9.87. The quantitative estimate of drug-likeness (QED) is 0.758. The highest BCUT2D eigenvalue weighted by atomic mass is 32.1. The van der Waals surface area contributed by atoms with Gasteiger partial charge in [-0.2, -0.15) is 0 Å². The standard InChI is InChI=1S/C7H5N5O2S/c13-5-1-4(2-8-3-5)6(14)9-7-10-11-12-15-7/h1-3,13H,(H,9,10,12,14). The first-order chi connectivity index (χ1) is 7.25. The fourth-order valence-electron chi connectivity index (χ4n) is 0.903. The van der Waals surface area contributed by atoms with E-state index in [4.69, 9.17) is 5.11 Å². The molecule has 0 aliphatic heterocycles. The Morgan fingerprint density at radius 2 is 2.33 bits per heavy atom. The monoisotopic (exact) mass is 223 g/mol. The van der Waals surface area contributed by atoms with Crippen molar-refractivity contribution in [2.75, 3.05) is 5.32 Å². The van der Waals surface area contributed by atoms with Crippen LogP contribution in [-0.2, 0) is 0 Å². The smallest absolute Gasteiger partial charge is 0.259 e. The highest BCUT2D eigenvalue weighted by molar-refractivity contribution is 7.09. The number of anilines is 1. The summed E-state index contributed by atoms with van der Waals surface area (Å²) >= 11 is 0.963. The summed E-state index contributed by atoms with van der Waals surface area (Å²) in [4.78, 5) is 15.2. The van der Waals surface area contributed by atoms with Crippen LogP contribution in [0.2, 0.25) is 0 Å². The van der Waals surface area contributed by atoms with Gasteiger partial charge in [-0.15, -0.1) is 0 Å². The first kappa shape index (κ1) is 9.46. The van der Waals surface area contributed by atoms with Gasteiger partial charge in [0.1, 0.15) is 5.75 Å². The summed E-state index contributed by atoms with van der Waals surface area (Å²) in [5.41, 5.74) is 0.241. The van der Waals surface area contributed by atoms with Crippen molar-refractivity contribution in [2.24, 2.45) is 0 Å². The maximum absolute atomic E-state index is 11.5. The van der Waals surface area contributed by atoms with E-state index in [1.807, 2.05) is 0 Å². The number of carbonyl (C=O) groups is 1. The van der Waals surface area contributed by atoms with E-state index in [1.54, 1.807) is 0 Å². The molecule has 2 heterocycles. The molecule has 0 saturated carbocycles. The molecule has 2 aromatic rings. The van der Waals surface area contributed by atoms with Crippen LogP contribution in [0.3, 0.4) is 0 Å². The van der Waals surface area contributed by atoms with Crippen molar-refractivity contribution in [3.63, 3.8) is 0 Å². The fraction of sp³-hybridized carbons (Fsp3) is 0. The highest BCUT2D eigenvalue weighted by Crippen LogP contribution is 2.11. The van der Waals surface area contributed by atoms with E-state index < -0.39 is 5.91 Å². The van der Waals surface area contributed by atoms with E-state index in [-0.39, 0.29) is 11.3 Å². The number of carbonyl (C=O) groups excluding carboxylic acids is 1. The molecule has 0 fully saturated rings. The van der Waals surface area contributed by atoms with E-state index in [1.165, 1.54) is 18.5 Å². The number of nitrogens with zero attached hydrogens (tertiary/aromatic N) is 4. The Labute approximate surface area is 88.0 Å². The molecule has 0 spiro atoms. The number of pyridine rings is 1. The van der Waals surface area contributed by atoms with E-state index in [0.717, 1.165) is 11.5 Å². The van der Waals surface area contributed by atoms with Gasteiger partial charge in [0.05, 0.1) is 11.8 Å². The molecule has 76 valence electrons. The van der Waals surface area contributed by atoms with Gasteiger partial charge < -0.3 is 5.11 Å². The minimum absolute atomic E-state index is 0.0713. The SMILES string of the molecule is O=C(Nc1nnns1)c1cncc(O)c1. The number of hydrogen-bond acceptors (Lipinski definition) is 7. The van der Waals surface area contributed by atoms with Gasteiger partial charge in [0.25, 0.3) is 5.91 Å². The van der Waals surface area contributed by atoms with E-state index in [0.29, 0.717) is 5.13 Å². The van der Waals surface area contributed by atoms with Crippen LogP contribution in [0, 0.1) is 0 Å². The predicted octanol–water partition coefficient (Wildman–Crippen LogP) is 0.286. The van der Waals surface area contributed by atoms with Gasteiger partial charge in [-0.05, 0) is 11.3 Å². The Morgan fingerprint density at radius 3 is 3.00 bits per heavy atom. The second-order valence-electron chi connectivity index (χ2n) is 2.55. The van der Waals surface area contributed by atoms with Crippen molar-refractivity contribution >= 4 is 22.6 Å². The molecule has 8 heteroatoms. The molecule has 0 aromatic carbocycles. The van der Waals surface area contributed by atoms with Crippen LogP contribution in [-0.4, -0.2) is 30.8 Å². The lowest BCUT2D eigenvalue weighted by molar-refractivity contribution is 0.102.